The van der Waals surface area contributed by atoms with Crippen LogP contribution in [0.1, 0.15) is 31.7 Å². The van der Waals surface area contributed by atoms with Crippen LogP contribution in [0, 0.1) is 0 Å². The van der Waals surface area contributed by atoms with Crippen molar-refractivity contribution in [1.29, 1.82) is 0 Å². The summed E-state index contributed by atoms with van der Waals surface area (Å²) in [6.45, 7) is 4.30. The number of aliphatic hydroxyl groups excluding tert-OH is 1. The molecule has 1 unspecified atom stereocenters. The topological polar surface area (TPSA) is 35.5 Å². The standard InChI is InChI=1S/C18H23IN2O/c1-2-12(19)11-21-10-9-18-13-5-3-4-6-14(13)20-17(18)15(22)7-8-16(18)21/h2-6,15-17,20,22H,7-11H2,1H3/b12-2-/t15?,16-,17-,18+/m0/s1. The maximum atomic E-state index is 10.6. The molecule has 3 nitrogen and oxygen atoms in total. The monoisotopic (exact) mass is 410 g/mol. The largest absolute Gasteiger partial charge is 0.391 e. The molecule has 4 atom stereocenters. The molecule has 3 aliphatic rings. The highest BCUT2D eigenvalue weighted by atomic mass is 127. The molecule has 4 heteroatoms. The second-order valence-electron chi connectivity index (χ2n) is 6.82. The van der Waals surface area contributed by atoms with Crippen LogP contribution < -0.4 is 5.32 Å². The highest BCUT2D eigenvalue weighted by Gasteiger charge is 2.60. The van der Waals surface area contributed by atoms with E-state index in [0.29, 0.717) is 6.04 Å². The average Bonchev–Trinajstić information content (AvgIpc) is 3.07. The van der Waals surface area contributed by atoms with Gasteiger partial charge < -0.3 is 10.4 Å². The van der Waals surface area contributed by atoms with Gasteiger partial charge in [-0.25, -0.2) is 0 Å². The van der Waals surface area contributed by atoms with Crippen LogP contribution in [0.4, 0.5) is 5.69 Å². The fourth-order valence-corrected chi connectivity index (χ4v) is 5.42. The minimum atomic E-state index is -0.232. The van der Waals surface area contributed by atoms with Gasteiger partial charge in [0.15, 0.2) is 0 Å². The Bertz CT molecular complexity index is 617. The molecule has 2 fully saturated rings. The lowest BCUT2D eigenvalue weighted by Crippen LogP contribution is -2.58. The van der Waals surface area contributed by atoms with Gasteiger partial charge in [0.2, 0.25) is 0 Å². The van der Waals surface area contributed by atoms with Gasteiger partial charge in [0, 0.05) is 27.3 Å². The normalized spacial score (nSPS) is 37.4. The van der Waals surface area contributed by atoms with E-state index in [2.05, 4.69) is 70.1 Å². The zero-order valence-corrected chi connectivity index (χ0v) is 15.1. The molecular weight excluding hydrogens is 387 g/mol. The maximum absolute atomic E-state index is 10.6. The molecule has 1 aromatic carbocycles. The van der Waals surface area contributed by atoms with E-state index in [1.165, 1.54) is 14.8 Å². The van der Waals surface area contributed by atoms with Crippen molar-refractivity contribution in [3.8, 4) is 0 Å². The summed E-state index contributed by atoms with van der Waals surface area (Å²) in [4.78, 5) is 2.64. The summed E-state index contributed by atoms with van der Waals surface area (Å²) in [5, 5.41) is 14.3. The fraction of sp³-hybridized carbons (Fsp3) is 0.556. The predicted molar refractivity (Wildman–Crippen MR) is 98.5 cm³/mol. The summed E-state index contributed by atoms with van der Waals surface area (Å²) < 4.78 is 1.41. The van der Waals surface area contributed by atoms with Crippen LogP contribution >= 0.6 is 22.6 Å². The minimum absolute atomic E-state index is 0.0962. The summed E-state index contributed by atoms with van der Waals surface area (Å²) >= 11 is 2.45. The summed E-state index contributed by atoms with van der Waals surface area (Å²) in [7, 11) is 0. The fourth-order valence-electron chi connectivity index (χ4n) is 4.98. The summed E-state index contributed by atoms with van der Waals surface area (Å²) in [6.07, 6.45) is 5.13. The maximum Gasteiger partial charge on any atom is 0.0751 e. The number of hydrogen-bond donors (Lipinski definition) is 2. The number of nitrogens with zero attached hydrogens (tertiary/aromatic N) is 1. The Morgan fingerprint density at radius 3 is 3.09 bits per heavy atom. The lowest BCUT2D eigenvalue weighted by molar-refractivity contribution is 0.0455. The Hall–Kier alpha value is -0.590. The molecule has 2 N–H and O–H groups in total. The third kappa shape index (κ3) is 2.00. The molecule has 1 aliphatic carbocycles. The molecule has 1 saturated heterocycles. The Morgan fingerprint density at radius 2 is 2.27 bits per heavy atom. The number of likely N-dealkylation sites (tertiary alicyclic amines) is 1. The number of halogens is 1. The van der Waals surface area contributed by atoms with E-state index in [1.807, 2.05) is 0 Å². The van der Waals surface area contributed by atoms with Gasteiger partial charge in [0.1, 0.15) is 0 Å². The zero-order valence-electron chi connectivity index (χ0n) is 12.9. The van der Waals surface area contributed by atoms with E-state index in [0.717, 1.165) is 32.4 Å². The number of benzene rings is 1. The number of hydrogen-bond acceptors (Lipinski definition) is 3. The quantitative estimate of drug-likeness (QED) is 0.735. The van der Waals surface area contributed by atoms with E-state index >= 15 is 0 Å². The Balaban J connectivity index is 1.76. The van der Waals surface area contributed by atoms with Gasteiger partial charge in [-0.2, -0.15) is 0 Å². The van der Waals surface area contributed by atoms with E-state index in [4.69, 9.17) is 0 Å². The number of rotatable bonds is 2. The smallest absolute Gasteiger partial charge is 0.0751 e. The molecule has 0 amide bonds. The summed E-state index contributed by atoms with van der Waals surface area (Å²) in [6, 6.07) is 9.41. The number of allylic oxidation sites excluding steroid dienone is 1. The molecule has 1 spiro atoms. The lowest BCUT2D eigenvalue weighted by Gasteiger charge is -2.46. The SMILES string of the molecule is C/C=C(\I)CN1CC[C@]23c4ccccc4N[C@H]2C(O)CC[C@H]13. The third-order valence-electron chi connectivity index (χ3n) is 5.93. The van der Waals surface area contributed by atoms with Crippen LogP contribution in [0.3, 0.4) is 0 Å². The van der Waals surface area contributed by atoms with Crippen LogP contribution in [0.2, 0.25) is 0 Å². The molecule has 2 aliphatic heterocycles. The summed E-state index contributed by atoms with van der Waals surface area (Å²) in [5.74, 6) is 0. The van der Waals surface area contributed by atoms with Crippen molar-refractivity contribution >= 4 is 28.3 Å². The van der Waals surface area contributed by atoms with Gasteiger partial charge in [-0.15, -0.1) is 0 Å². The Kier molecular flexibility index (Phi) is 3.74. The number of anilines is 1. The summed E-state index contributed by atoms with van der Waals surface area (Å²) in [5.41, 5.74) is 2.77. The molecule has 2 heterocycles. The Labute approximate surface area is 145 Å². The lowest BCUT2D eigenvalue weighted by atomic mass is 9.64. The van der Waals surface area contributed by atoms with Crippen molar-refractivity contribution in [1.82, 2.24) is 4.90 Å². The van der Waals surface area contributed by atoms with Crippen LogP contribution in [0.25, 0.3) is 0 Å². The molecule has 118 valence electrons. The molecule has 0 bridgehead atoms. The van der Waals surface area contributed by atoms with Gasteiger partial charge in [0.05, 0.1) is 12.1 Å². The third-order valence-corrected chi connectivity index (χ3v) is 6.89. The predicted octanol–water partition coefficient (Wildman–Crippen LogP) is 3.29. The second kappa shape index (κ2) is 5.49. The zero-order chi connectivity index (χ0) is 15.3. The Morgan fingerprint density at radius 1 is 1.45 bits per heavy atom. The molecule has 22 heavy (non-hydrogen) atoms. The molecule has 4 rings (SSSR count). The van der Waals surface area contributed by atoms with E-state index in [-0.39, 0.29) is 17.6 Å². The van der Waals surface area contributed by atoms with Gasteiger partial charge in [-0.1, -0.05) is 24.3 Å². The van der Waals surface area contributed by atoms with Crippen LogP contribution in [0.15, 0.2) is 33.9 Å². The molecule has 1 saturated carbocycles. The molecular formula is C18H23IN2O. The van der Waals surface area contributed by atoms with Gasteiger partial charge in [0.25, 0.3) is 0 Å². The van der Waals surface area contributed by atoms with Crippen LogP contribution in [-0.2, 0) is 5.41 Å². The van der Waals surface area contributed by atoms with E-state index in [1.54, 1.807) is 0 Å². The first-order valence-corrected chi connectivity index (χ1v) is 9.33. The first-order valence-electron chi connectivity index (χ1n) is 8.25. The van der Waals surface area contributed by atoms with Gasteiger partial charge >= 0.3 is 0 Å². The van der Waals surface area contributed by atoms with Crippen LogP contribution in [0.5, 0.6) is 0 Å². The first-order chi connectivity index (χ1) is 10.7. The first kappa shape index (κ1) is 15.0. The van der Waals surface area contributed by atoms with Crippen molar-refractivity contribution in [3.63, 3.8) is 0 Å². The molecule has 1 aromatic rings. The number of nitrogens with one attached hydrogen (secondary N) is 1. The van der Waals surface area contributed by atoms with Gasteiger partial charge in [-0.3, -0.25) is 4.90 Å². The highest BCUT2D eigenvalue weighted by Crippen LogP contribution is 2.55. The molecule has 0 radical (unpaired) electrons. The highest BCUT2D eigenvalue weighted by molar-refractivity contribution is 14.1. The second-order valence-corrected chi connectivity index (χ2v) is 8.21. The van der Waals surface area contributed by atoms with Crippen molar-refractivity contribution in [2.75, 3.05) is 18.4 Å². The van der Waals surface area contributed by atoms with Crippen molar-refractivity contribution in [3.05, 3.63) is 39.5 Å². The van der Waals surface area contributed by atoms with Crippen LogP contribution in [-0.4, -0.2) is 41.3 Å². The van der Waals surface area contributed by atoms with E-state index < -0.39 is 0 Å². The van der Waals surface area contributed by atoms with Crippen molar-refractivity contribution < 1.29 is 5.11 Å². The average molecular weight is 410 g/mol. The number of para-hydroxylation sites is 1. The van der Waals surface area contributed by atoms with Gasteiger partial charge in [-0.05, 0) is 67.0 Å². The molecule has 0 aromatic heterocycles. The number of fused-ring (bicyclic) bond motifs is 1. The minimum Gasteiger partial charge on any atom is -0.391 e. The number of aliphatic hydroxyl groups is 1. The van der Waals surface area contributed by atoms with Crippen molar-refractivity contribution in [2.45, 2.75) is 49.8 Å². The van der Waals surface area contributed by atoms with E-state index in [9.17, 15) is 5.11 Å². The van der Waals surface area contributed by atoms with Crippen molar-refractivity contribution in [2.24, 2.45) is 0 Å².